The van der Waals surface area contributed by atoms with Gasteiger partial charge in [0, 0.05) is 11.4 Å². The van der Waals surface area contributed by atoms with Crippen LogP contribution in [-0.2, 0) is 4.79 Å². The fourth-order valence-corrected chi connectivity index (χ4v) is 3.39. The molecule has 0 atom stereocenters. The highest BCUT2D eigenvalue weighted by atomic mass is 35.5. The Morgan fingerprint density at radius 3 is 2.72 bits per heavy atom. The smallest absolute Gasteiger partial charge is 0.226 e. The number of hydrogen-bond acceptors (Lipinski definition) is 5. The lowest BCUT2D eigenvalue weighted by Crippen LogP contribution is -2.12. The lowest BCUT2D eigenvalue weighted by Gasteiger charge is -2.07. The summed E-state index contributed by atoms with van der Waals surface area (Å²) >= 11 is 7.36. The van der Waals surface area contributed by atoms with Crippen LogP contribution in [0, 0.1) is 0 Å². The van der Waals surface area contributed by atoms with E-state index >= 15 is 0 Å². The zero-order valence-electron chi connectivity index (χ0n) is 13.6. The molecule has 0 aliphatic heterocycles. The van der Waals surface area contributed by atoms with Crippen molar-refractivity contribution in [3.05, 3.63) is 47.5 Å². The number of carbonyl (C=O) groups excluding carboxylic acids is 1. The van der Waals surface area contributed by atoms with Gasteiger partial charge in [0.15, 0.2) is 5.13 Å². The Labute approximate surface area is 154 Å². The first-order valence-electron chi connectivity index (χ1n) is 7.77. The monoisotopic (exact) mass is 376 g/mol. The van der Waals surface area contributed by atoms with Gasteiger partial charge in [0.1, 0.15) is 11.5 Å². The Kier molecular flexibility index (Phi) is 5.73. The van der Waals surface area contributed by atoms with E-state index in [4.69, 9.17) is 21.1 Å². The van der Waals surface area contributed by atoms with Gasteiger partial charge in [-0.3, -0.25) is 4.79 Å². The summed E-state index contributed by atoms with van der Waals surface area (Å²) in [6.45, 7) is 0.467. The number of carbonyl (C=O) groups is 1. The molecule has 0 fully saturated rings. The second-order valence-corrected chi connectivity index (χ2v) is 6.77. The number of thiazole rings is 1. The van der Waals surface area contributed by atoms with Crippen LogP contribution in [0.5, 0.6) is 11.5 Å². The molecule has 5 nitrogen and oxygen atoms in total. The zero-order valence-corrected chi connectivity index (χ0v) is 15.2. The first-order chi connectivity index (χ1) is 12.1. The number of rotatable bonds is 7. The molecule has 7 heteroatoms. The van der Waals surface area contributed by atoms with Crippen LogP contribution in [0.4, 0.5) is 5.13 Å². The summed E-state index contributed by atoms with van der Waals surface area (Å²) in [6, 6.07) is 12.8. The van der Waals surface area contributed by atoms with Gasteiger partial charge in [0.25, 0.3) is 0 Å². The van der Waals surface area contributed by atoms with E-state index in [1.807, 2.05) is 36.4 Å². The Bertz CT molecular complexity index is 864. The molecule has 1 amide bonds. The molecule has 1 heterocycles. The van der Waals surface area contributed by atoms with Gasteiger partial charge in [-0.25, -0.2) is 4.98 Å². The number of ether oxygens (including phenoxy) is 2. The van der Waals surface area contributed by atoms with Crippen molar-refractivity contribution >= 4 is 44.2 Å². The van der Waals surface area contributed by atoms with Crippen molar-refractivity contribution in [3.8, 4) is 11.5 Å². The van der Waals surface area contributed by atoms with Crippen molar-refractivity contribution < 1.29 is 14.3 Å². The SMILES string of the molecule is COc1ccc(OCCCC(=O)Nc2nc3ccc(Cl)cc3s2)cc1. The van der Waals surface area contributed by atoms with Crippen LogP contribution >= 0.6 is 22.9 Å². The Hall–Kier alpha value is -2.31. The van der Waals surface area contributed by atoms with Crippen molar-refractivity contribution in [1.82, 2.24) is 4.98 Å². The van der Waals surface area contributed by atoms with Crippen LogP contribution in [0.2, 0.25) is 5.02 Å². The molecule has 3 rings (SSSR count). The maximum absolute atomic E-state index is 12.0. The van der Waals surface area contributed by atoms with Gasteiger partial charge in [0.05, 0.1) is 23.9 Å². The molecule has 0 saturated heterocycles. The molecular formula is C18H17ClN2O3S. The molecule has 130 valence electrons. The molecule has 0 spiro atoms. The topological polar surface area (TPSA) is 60.5 Å². The van der Waals surface area contributed by atoms with Crippen LogP contribution in [0.25, 0.3) is 10.2 Å². The zero-order chi connectivity index (χ0) is 17.6. The number of benzene rings is 2. The Morgan fingerprint density at radius 1 is 1.20 bits per heavy atom. The summed E-state index contributed by atoms with van der Waals surface area (Å²) in [6.07, 6.45) is 0.988. The lowest BCUT2D eigenvalue weighted by atomic mass is 10.3. The van der Waals surface area contributed by atoms with Crippen molar-refractivity contribution in [2.75, 3.05) is 19.0 Å². The van der Waals surface area contributed by atoms with Crippen LogP contribution in [-0.4, -0.2) is 24.6 Å². The molecule has 0 radical (unpaired) electrons. The van der Waals surface area contributed by atoms with Crippen LogP contribution in [0.3, 0.4) is 0 Å². The van der Waals surface area contributed by atoms with Crippen molar-refractivity contribution in [2.45, 2.75) is 12.8 Å². The summed E-state index contributed by atoms with van der Waals surface area (Å²) in [5, 5.41) is 4.06. The summed E-state index contributed by atoms with van der Waals surface area (Å²) in [7, 11) is 1.62. The number of nitrogens with one attached hydrogen (secondary N) is 1. The summed E-state index contributed by atoms with van der Waals surface area (Å²) < 4.78 is 11.6. The first-order valence-corrected chi connectivity index (χ1v) is 8.96. The van der Waals surface area contributed by atoms with Gasteiger partial charge in [-0.05, 0) is 48.9 Å². The van der Waals surface area contributed by atoms with E-state index in [1.54, 1.807) is 13.2 Å². The number of nitrogens with zero attached hydrogens (tertiary/aromatic N) is 1. The van der Waals surface area contributed by atoms with Crippen molar-refractivity contribution in [2.24, 2.45) is 0 Å². The molecule has 0 aliphatic carbocycles. The number of methoxy groups -OCH3 is 1. The van der Waals surface area contributed by atoms with Crippen LogP contribution in [0.1, 0.15) is 12.8 Å². The summed E-state index contributed by atoms with van der Waals surface area (Å²) in [5.74, 6) is 1.46. The molecule has 0 saturated carbocycles. The van der Waals surface area contributed by atoms with E-state index in [-0.39, 0.29) is 5.91 Å². The van der Waals surface area contributed by atoms with E-state index in [2.05, 4.69) is 10.3 Å². The minimum absolute atomic E-state index is 0.0801. The molecule has 25 heavy (non-hydrogen) atoms. The summed E-state index contributed by atoms with van der Waals surface area (Å²) in [5.41, 5.74) is 0.826. The quantitative estimate of drug-likeness (QED) is 0.604. The second kappa shape index (κ2) is 8.18. The number of halogens is 1. The third kappa shape index (κ3) is 4.84. The molecule has 0 aliphatic rings. The molecule has 0 unspecified atom stereocenters. The first kappa shape index (κ1) is 17.5. The van der Waals surface area contributed by atoms with Gasteiger partial charge >= 0.3 is 0 Å². The number of fused-ring (bicyclic) bond motifs is 1. The molecule has 1 N–H and O–H groups in total. The third-order valence-electron chi connectivity index (χ3n) is 3.47. The standard InChI is InChI=1S/C18H17ClN2O3S/c1-23-13-5-7-14(8-6-13)24-10-2-3-17(22)21-18-20-15-9-4-12(19)11-16(15)25-18/h4-9,11H,2-3,10H2,1H3,(H,20,21,22). The summed E-state index contributed by atoms with van der Waals surface area (Å²) in [4.78, 5) is 16.4. The van der Waals surface area contributed by atoms with Gasteiger partial charge in [-0.15, -0.1) is 0 Å². The molecular weight excluding hydrogens is 360 g/mol. The largest absolute Gasteiger partial charge is 0.497 e. The third-order valence-corrected chi connectivity index (χ3v) is 4.64. The second-order valence-electron chi connectivity index (χ2n) is 5.31. The van der Waals surface area contributed by atoms with Crippen molar-refractivity contribution in [1.29, 1.82) is 0 Å². The predicted molar refractivity (Wildman–Crippen MR) is 101 cm³/mol. The van der Waals surface area contributed by atoms with E-state index in [9.17, 15) is 4.79 Å². The molecule has 0 bridgehead atoms. The van der Waals surface area contributed by atoms with E-state index in [0.29, 0.717) is 29.6 Å². The maximum atomic E-state index is 12.0. The Balaban J connectivity index is 1.44. The average Bonchev–Trinajstić information content (AvgIpc) is 3.00. The fourth-order valence-electron chi connectivity index (χ4n) is 2.23. The lowest BCUT2D eigenvalue weighted by molar-refractivity contribution is -0.116. The van der Waals surface area contributed by atoms with E-state index in [1.165, 1.54) is 11.3 Å². The number of amides is 1. The highest BCUT2D eigenvalue weighted by Gasteiger charge is 2.08. The minimum atomic E-state index is -0.0801. The number of aromatic nitrogens is 1. The van der Waals surface area contributed by atoms with Gasteiger partial charge in [0.2, 0.25) is 5.91 Å². The molecule has 1 aromatic heterocycles. The highest BCUT2D eigenvalue weighted by Crippen LogP contribution is 2.28. The van der Waals surface area contributed by atoms with E-state index in [0.717, 1.165) is 21.7 Å². The maximum Gasteiger partial charge on any atom is 0.226 e. The highest BCUT2D eigenvalue weighted by molar-refractivity contribution is 7.22. The molecule has 3 aromatic rings. The fraction of sp³-hybridized carbons (Fsp3) is 0.222. The minimum Gasteiger partial charge on any atom is -0.497 e. The normalized spacial score (nSPS) is 10.6. The van der Waals surface area contributed by atoms with Gasteiger partial charge in [-0.2, -0.15) is 0 Å². The predicted octanol–water partition coefficient (Wildman–Crippen LogP) is 4.76. The Morgan fingerprint density at radius 2 is 1.96 bits per heavy atom. The van der Waals surface area contributed by atoms with Crippen LogP contribution in [0.15, 0.2) is 42.5 Å². The number of anilines is 1. The number of hydrogen-bond donors (Lipinski definition) is 1. The molecule has 2 aromatic carbocycles. The van der Waals surface area contributed by atoms with Crippen LogP contribution < -0.4 is 14.8 Å². The average molecular weight is 377 g/mol. The van der Waals surface area contributed by atoms with Gasteiger partial charge in [-0.1, -0.05) is 22.9 Å². The van der Waals surface area contributed by atoms with Gasteiger partial charge < -0.3 is 14.8 Å². The van der Waals surface area contributed by atoms with E-state index < -0.39 is 0 Å². The van der Waals surface area contributed by atoms with Crippen molar-refractivity contribution in [3.63, 3.8) is 0 Å².